The third kappa shape index (κ3) is 6.77. The van der Waals surface area contributed by atoms with Gasteiger partial charge in [-0.15, -0.1) is 53.6 Å². The first-order chi connectivity index (χ1) is 22.3. The van der Waals surface area contributed by atoms with Gasteiger partial charge in [0.2, 0.25) is 0 Å². The quantitative estimate of drug-likeness (QED) is 0.129. The smallest absolute Gasteiger partial charge is 0.120 e. The van der Waals surface area contributed by atoms with Crippen LogP contribution in [0, 0.1) is 19.1 Å². The van der Waals surface area contributed by atoms with E-state index in [1.807, 2.05) is 48.7 Å². The molecule has 0 spiro atoms. The van der Waals surface area contributed by atoms with Gasteiger partial charge >= 0.3 is 0 Å². The van der Waals surface area contributed by atoms with Crippen LogP contribution in [0.15, 0.2) is 132 Å². The minimum atomic E-state index is -1.24. The Morgan fingerprint density at radius 1 is 0.766 bits per heavy atom. The molecule has 3 heterocycles. The maximum absolute atomic E-state index is 6.25. The van der Waals surface area contributed by atoms with E-state index in [1.165, 1.54) is 16.3 Å². The molecule has 0 fully saturated rings. The number of hydrogen-bond acceptors (Lipinski definition) is 3. The number of aryl methyl sites for hydroxylation is 1. The molecule has 0 aliphatic carbocycles. The molecule has 8 rings (SSSR count). The van der Waals surface area contributed by atoms with E-state index in [1.54, 1.807) is 0 Å². The Bertz CT molecular complexity index is 2270. The van der Waals surface area contributed by atoms with Crippen molar-refractivity contribution in [3.05, 3.63) is 151 Å². The second kappa shape index (κ2) is 13.6. The molecule has 235 valence electrons. The van der Waals surface area contributed by atoms with Crippen molar-refractivity contribution < 1.29 is 24.5 Å². The molecule has 0 saturated carbocycles. The zero-order chi connectivity index (χ0) is 31.7. The van der Waals surface area contributed by atoms with E-state index in [4.69, 9.17) is 9.40 Å². The monoisotopic (exact) mass is 806 g/mol. The normalized spacial score (nSPS) is 11.3. The number of hydrogen-bond donors (Lipinski definition) is 0. The molecule has 0 amide bonds. The van der Waals surface area contributed by atoms with Crippen molar-refractivity contribution in [2.45, 2.75) is 33.1 Å². The number of rotatable bonds is 5. The predicted octanol–water partition coefficient (Wildman–Crippen LogP) is 9.85. The minimum absolute atomic E-state index is 0. The number of imidazole rings is 1. The van der Waals surface area contributed by atoms with Gasteiger partial charge in [0.25, 0.3) is 0 Å². The van der Waals surface area contributed by atoms with Crippen molar-refractivity contribution in [2.75, 3.05) is 0 Å². The first-order valence-electron chi connectivity index (χ1n) is 15.6. The number of furan rings is 1. The second-order valence-electron chi connectivity index (χ2n) is 12.7. The molecule has 47 heavy (non-hydrogen) atoms. The maximum atomic E-state index is 6.25. The van der Waals surface area contributed by atoms with Crippen LogP contribution in [0.25, 0.3) is 55.6 Å². The largest absolute Gasteiger partial charge is 0.501 e. The van der Waals surface area contributed by atoms with Crippen molar-refractivity contribution in [3.63, 3.8) is 0 Å². The van der Waals surface area contributed by atoms with E-state index in [9.17, 15) is 0 Å². The molecule has 8 aromatic rings. The summed E-state index contributed by atoms with van der Waals surface area (Å²) in [5, 5.41) is 3.60. The summed E-state index contributed by atoms with van der Waals surface area (Å²) in [6.07, 6.45) is 2.02. The standard InChI is InChI=1S/C26H17N2O.C15H18NSi.Ir/c1-2-9-18(10-3-1)17-28-23-15-6-5-14-22(23)27-26(28)21-13-8-12-20-19-11-4-7-16-24(19)29-25(20)21;1-12-5-7-13(8-6-12)15-10-9-14(11-16-15)17(2,3)4;/h1-12,14-16H,17H2;5-7,9-11H,1-4H3;/q2*-1;. The van der Waals surface area contributed by atoms with Gasteiger partial charge in [-0.05, 0) is 34.6 Å². The number of benzene rings is 5. The Morgan fingerprint density at radius 2 is 1.53 bits per heavy atom. The Balaban J connectivity index is 0.000000185. The first kappa shape index (κ1) is 32.3. The Morgan fingerprint density at radius 3 is 2.28 bits per heavy atom. The summed E-state index contributed by atoms with van der Waals surface area (Å²) in [6.45, 7) is 9.81. The molecular weight excluding hydrogens is 771 g/mol. The predicted molar refractivity (Wildman–Crippen MR) is 193 cm³/mol. The summed E-state index contributed by atoms with van der Waals surface area (Å²) in [6, 6.07) is 48.0. The fourth-order valence-electron chi connectivity index (χ4n) is 5.71. The molecule has 4 nitrogen and oxygen atoms in total. The molecule has 5 aromatic carbocycles. The van der Waals surface area contributed by atoms with Gasteiger partial charge in [-0.2, -0.15) is 0 Å². The van der Waals surface area contributed by atoms with Crippen LogP contribution in [0.4, 0.5) is 0 Å². The Kier molecular flexibility index (Phi) is 9.37. The van der Waals surface area contributed by atoms with Gasteiger partial charge in [-0.25, -0.2) is 0 Å². The average Bonchev–Trinajstić information content (AvgIpc) is 3.64. The van der Waals surface area contributed by atoms with Crippen molar-refractivity contribution in [3.8, 4) is 22.6 Å². The SMILES string of the molecule is Cc1c[c-]c(-c2ccc([Si](C)(C)C)cn2)cc1.[Ir].[c-]1ccc2c(oc3ccccc32)c1-c1nc2ccccc2n1Cc1ccccc1. The molecule has 6 heteroatoms. The van der Waals surface area contributed by atoms with Crippen molar-refractivity contribution in [1.29, 1.82) is 0 Å². The van der Waals surface area contributed by atoms with Gasteiger partial charge in [0, 0.05) is 38.2 Å². The van der Waals surface area contributed by atoms with E-state index < -0.39 is 8.07 Å². The van der Waals surface area contributed by atoms with E-state index in [-0.39, 0.29) is 20.1 Å². The minimum Gasteiger partial charge on any atom is -0.501 e. The molecule has 3 aromatic heterocycles. The topological polar surface area (TPSA) is 43.9 Å². The van der Waals surface area contributed by atoms with Crippen LogP contribution >= 0.6 is 0 Å². The van der Waals surface area contributed by atoms with Crippen LogP contribution in [0.2, 0.25) is 19.6 Å². The van der Waals surface area contributed by atoms with Crippen LogP contribution in [-0.2, 0) is 26.7 Å². The second-order valence-corrected chi connectivity index (χ2v) is 17.7. The van der Waals surface area contributed by atoms with Crippen LogP contribution in [0.1, 0.15) is 11.1 Å². The van der Waals surface area contributed by atoms with Gasteiger partial charge in [-0.1, -0.05) is 110 Å². The summed E-state index contributed by atoms with van der Waals surface area (Å²) in [4.78, 5) is 9.52. The van der Waals surface area contributed by atoms with Crippen molar-refractivity contribution >= 4 is 46.2 Å². The summed E-state index contributed by atoms with van der Waals surface area (Å²) in [5.74, 6) is 0.875. The molecule has 0 aliphatic rings. The van der Waals surface area contributed by atoms with Crippen molar-refractivity contribution in [1.82, 2.24) is 14.5 Å². The van der Waals surface area contributed by atoms with E-state index in [2.05, 4.69) is 127 Å². The first-order valence-corrected chi connectivity index (χ1v) is 19.1. The molecule has 1 radical (unpaired) electrons. The molecule has 0 unspecified atom stereocenters. The number of pyridine rings is 1. The number of nitrogens with zero attached hydrogens (tertiary/aromatic N) is 3. The van der Waals surface area contributed by atoms with Crippen molar-refractivity contribution in [2.24, 2.45) is 0 Å². The summed E-state index contributed by atoms with van der Waals surface area (Å²) >= 11 is 0. The maximum Gasteiger partial charge on any atom is 0.120 e. The van der Waals surface area contributed by atoms with Gasteiger partial charge in [-0.3, -0.25) is 4.98 Å². The fourth-order valence-corrected chi connectivity index (χ4v) is 6.74. The summed E-state index contributed by atoms with van der Waals surface area (Å²) in [7, 11) is -1.24. The summed E-state index contributed by atoms with van der Waals surface area (Å²) < 4.78 is 8.51. The molecule has 0 saturated heterocycles. The van der Waals surface area contributed by atoms with Gasteiger partial charge in [0.1, 0.15) is 5.58 Å². The molecule has 0 atom stereocenters. The van der Waals surface area contributed by atoms with E-state index >= 15 is 0 Å². The zero-order valence-electron chi connectivity index (χ0n) is 26.9. The number of fused-ring (bicyclic) bond motifs is 4. The molecular formula is C41H35IrN3OSi-2. The van der Waals surface area contributed by atoms with Crippen LogP contribution in [0.5, 0.6) is 0 Å². The van der Waals surface area contributed by atoms with Gasteiger partial charge in [0.15, 0.2) is 0 Å². The Hall–Kier alpha value is -4.61. The Labute approximate surface area is 290 Å². The van der Waals surface area contributed by atoms with E-state index in [0.717, 1.165) is 62.2 Å². The average molecular weight is 806 g/mol. The third-order valence-corrected chi connectivity index (χ3v) is 10.3. The van der Waals surface area contributed by atoms with Gasteiger partial charge < -0.3 is 14.0 Å². The summed E-state index contributed by atoms with van der Waals surface area (Å²) in [5.41, 5.74) is 9.22. The fraction of sp³-hybridized carbons (Fsp3) is 0.122. The van der Waals surface area contributed by atoms with Crippen LogP contribution in [0.3, 0.4) is 0 Å². The number of aromatic nitrogens is 3. The zero-order valence-corrected chi connectivity index (χ0v) is 30.3. The third-order valence-electron chi connectivity index (χ3n) is 8.27. The molecule has 0 N–H and O–H groups in total. The van der Waals surface area contributed by atoms with Crippen LogP contribution < -0.4 is 5.19 Å². The van der Waals surface area contributed by atoms with Crippen LogP contribution in [-0.4, -0.2) is 22.6 Å². The van der Waals surface area contributed by atoms with Gasteiger partial charge in [0.05, 0.1) is 30.5 Å². The molecule has 0 aliphatic heterocycles. The van der Waals surface area contributed by atoms with E-state index in [0.29, 0.717) is 0 Å². The molecule has 0 bridgehead atoms. The number of para-hydroxylation sites is 3.